The molecule has 1 saturated carbocycles. The third-order valence-corrected chi connectivity index (χ3v) is 9.47. The zero-order valence-electron chi connectivity index (χ0n) is 17.6. The van der Waals surface area contributed by atoms with Crippen LogP contribution in [0.4, 0.5) is 5.69 Å². The molecule has 10 heteroatoms. The molecule has 32 heavy (non-hydrogen) atoms. The first-order chi connectivity index (χ1) is 15.5. The van der Waals surface area contributed by atoms with Gasteiger partial charge in [-0.05, 0) is 37.5 Å². The van der Waals surface area contributed by atoms with Crippen LogP contribution in [0.1, 0.15) is 19.3 Å². The van der Waals surface area contributed by atoms with Crippen LogP contribution in [0, 0.1) is 0 Å². The van der Waals surface area contributed by atoms with Crippen LogP contribution >= 0.6 is 11.3 Å². The molecule has 1 aliphatic carbocycles. The average molecular weight is 464 g/mol. The first-order valence-corrected chi connectivity index (χ1v) is 12.4. The summed E-state index contributed by atoms with van der Waals surface area (Å²) in [5.74, 6) is 0. The Kier molecular flexibility index (Phi) is 4.49. The fourth-order valence-corrected chi connectivity index (χ4v) is 7.33. The molecule has 0 aliphatic heterocycles. The first kappa shape index (κ1) is 19.7. The largest absolute Gasteiger partial charge is 0.611 e. The Morgan fingerprint density at radius 2 is 2.06 bits per heavy atom. The van der Waals surface area contributed by atoms with E-state index in [2.05, 4.69) is 15.1 Å². The molecular formula is C22H21N7OS2. The quantitative estimate of drug-likeness (QED) is 0.405. The molecule has 5 aromatic heterocycles. The summed E-state index contributed by atoms with van der Waals surface area (Å²) in [4.78, 5) is 14.5. The van der Waals surface area contributed by atoms with Gasteiger partial charge >= 0.3 is 0 Å². The van der Waals surface area contributed by atoms with Gasteiger partial charge in [-0.2, -0.15) is 5.10 Å². The van der Waals surface area contributed by atoms with Crippen molar-refractivity contribution >= 4 is 49.6 Å². The topological polar surface area (TPSA) is 110 Å². The van der Waals surface area contributed by atoms with Crippen molar-refractivity contribution in [3.8, 4) is 22.5 Å². The fourth-order valence-electron chi connectivity index (χ4n) is 4.12. The molecule has 0 saturated heterocycles. The molecule has 0 aromatic carbocycles. The van der Waals surface area contributed by atoms with Gasteiger partial charge in [0.15, 0.2) is 5.65 Å². The van der Waals surface area contributed by atoms with Crippen molar-refractivity contribution in [2.24, 2.45) is 14.1 Å². The molecule has 1 unspecified atom stereocenters. The summed E-state index contributed by atoms with van der Waals surface area (Å²) in [6, 6.07) is 6.03. The van der Waals surface area contributed by atoms with Gasteiger partial charge < -0.3 is 14.9 Å². The number of nitrogens with two attached hydrogens (primary N) is 1. The Balaban J connectivity index is 1.59. The molecular weight excluding hydrogens is 442 g/mol. The van der Waals surface area contributed by atoms with Crippen LogP contribution in [0.2, 0.25) is 0 Å². The number of hydrogen-bond acceptors (Lipinski definition) is 7. The highest BCUT2D eigenvalue weighted by Crippen LogP contribution is 2.45. The SMILES string of the molecule is Cn1nccc1-c1cc(-c2cnc3ncn(C)c3c2)nc2sc([S+]([O-])C3CCC3)c(N)c12. The van der Waals surface area contributed by atoms with E-state index in [0.29, 0.717) is 11.3 Å². The number of pyridine rings is 2. The van der Waals surface area contributed by atoms with Gasteiger partial charge in [0.1, 0.15) is 15.8 Å². The highest BCUT2D eigenvalue weighted by atomic mass is 32.2. The van der Waals surface area contributed by atoms with Crippen molar-refractivity contribution in [2.45, 2.75) is 28.7 Å². The Hall–Kier alpha value is -2.95. The van der Waals surface area contributed by atoms with Crippen molar-refractivity contribution in [1.82, 2.24) is 29.3 Å². The Morgan fingerprint density at radius 1 is 1.22 bits per heavy atom. The lowest BCUT2D eigenvalue weighted by atomic mass is 10.00. The Morgan fingerprint density at radius 3 is 2.78 bits per heavy atom. The van der Waals surface area contributed by atoms with Crippen molar-refractivity contribution < 1.29 is 4.55 Å². The number of imidazole rings is 1. The predicted octanol–water partition coefficient (Wildman–Crippen LogP) is 3.89. The van der Waals surface area contributed by atoms with E-state index >= 15 is 0 Å². The lowest BCUT2D eigenvalue weighted by molar-refractivity contribution is 0.478. The van der Waals surface area contributed by atoms with Gasteiger partial charge in [0.2, 0.25) is 4.21 Å². The highest BCUT2D eigenvalue weighted by molar-refractivity contribution is 7.94. The minimum Gasteiger partial charge on any atom is -0.611 e. The van der Waals surface area contributed by atoms with Gasteiger partial charge in [-0.3, -0.25) is 4.68 Å². The van der Waals surface area contributed by atoms with E-state index in [9.17, 15) is 4.55 Å². The van der Waals surface area contributed by atoms with E-state index in [1.54, 1.807) is 18.7 Å². The number of anilines is 1. The lowest BCUT2D eigenvalue weighted by Gasteiger charge is -2.27. The van der Waals surface area contributed by atoms with E-state index in [0.717, 1.165) is 61.7 Å². The molecule has 2 N–H and O–H groups in total. The summed E-state index contributed by atoms with van der Waals surface area (Å²) in [5.41, 5.74) is 12.3. The van der Waals surface area contributed by atoms with E-state index in [1.165, 1.54) is 11.3 Å². The molecule has 0 bridgehead atoms. The molecule has 5 heterocycles. The zero-order chi connectivity index (χ0) is 22.0. The van der Waals surface area contributed by atoms with Gasteiger partial charge in [0.05, 0.1) is 23.2 Å². The van der Waals surface area contributed by atoms with Crippen molar-refractivity contribution in [1.29, 1.82) is 0 Å². The number of fused-ring (bicyclic) bond motifs is 2. The van der Waals surface area contributed by atoms with Crippen molar-refractivity contribution in [2.75, 3.05) is 5.73 Å². The van der Waals surface area contributed by atoms with Gasteiger partial charge in [0.25, 0.3) is 0 Å². The van der Waals surface area contributed by atoms with E-state index in [1.807, 2.05) is 41.5 Å². The first-order valence-electron chi connectivity index (χ1n) is 10.4. The number of hydrogen-bond donors (Lipinski definition) is 1. The second kappa shape index (κ2) is 7.29. The number of nitrogen functional groups attached to an aromatic ring is 1. The number of rotatable bonds is 4. The molecule has 6 rings (SSSR count). The molecule has 1 atom stereocenters. The van der Waals surface area contributed by atoms with E-state index in [-0.39, 0.29) is 5.25 Å². The van der Waals surface area contributed by atoms with Crippen LogP contribution in [0.15, 0.2) is 41.1 Å². The third kappa shape index (κ3) is 2.94. The monoisotopic (exact) mass is 463 g/mol. The van der Waals surface area contributed by atoms with Crippen LogP contribution in [0.25, 0.3) is 43.9 Å². The second-order valence-corrected chi connectivity index (χ2v) is 11.1. The predicted molar refractivity (Wildman–Crippen MR) is 128 cm³/mol. The molecule has 1 aliphatic rings. The van der Waals surface area contributed by atoms with Crippen LogP contribution in [0.5, 0.6) is 0 Å². The Labute approximate surface area is 191 Å². The molecule has 0 amide bonds. The summed E-state index contributed by atoms with van der Waals surface area (Å²) in [5, 5.41) is 5.39. The second-order valence-electron chi connectivity index (χ2n) is 8.15. The maximum absolute atomic E-state index is 13.2. The van der Waals surface area contributed by atoms with Gasteiger partial charge in [0, 0.05) is 54.2 Å². The van der Waals surface area contributed by atoms with E-state index in [4.69, 9.17) is 10.7 Å². The number of aromatic nitrogens is 6. The van der Waals surface area contributed by atoms with Crippen LogP contribution in [-0.4, -0.2) is 39.1 Å². The molecule has 8 nitrogen and oxygen atoms in total. The smallest absolute Gasteiger partial charge is 0.232 e. The summed E-state index contributed by atoms with van der Waals surface area (Å²) < 4.78 is 17.7. The van der Waals surface area contributed by atoms with E-state index < -0.39 is 11.2 Å². The molecule has 0 radical (unpaired) electrons. The maximum atomic E-state index is 13.2. The molecule has 5 aromatic rings. The van der Waals surface area contributed by atoms with Crippen LogP contribution in [0.3, 0.4) is 0 Å². The molecule has 0 spiro atoms. The normalized spacial score (nSPS) is 15.5. The van der Waals surface area contributed by atoms with Gasteiger partial charge in [-0.15, -0.1) is 0 Å². The third-order valence-electron chi connectivity index (χ3n) is 6.18. The summed E-state index contributed by atoms with van der Waals surface area (Å²) in [6.07, 6.45) is 8.42. The maximum Gasteiger partial charge on any atom is 0.232 e. The fraction of sp³-hybridized carbons (Fsp3) is 0.273. The number of nitrogens with zero attached hydrogens (tertiary/aromatic N) is 6. The summed E-state index contributed by atoms with van der Waals surface area (Å²) >= 11 is 0.334. The molecule has 1 fully saturated rings. The number of aryl methyl sites for hydroxylation is 2. The average Bonchev–Trinajstić information content (AvgIpc) is 3.43. The molecule has 162 valence electrons. The minimum atomic E-state index is -1.11. The van der Waals surface area contributed by atoms with Gasteiger partial charge in [-0.25, -0.2) is 15.0 Å². The lowest BCUT2D eigenvalue weighted by Crippen LogP contribution is -2.28. The number of thiophene rings is 1. The van der Waals surface area contributed by atoms with Crippen molar-refractivity contribution in [3.05, 3.63) is 36.9 Å². The van der Waals surface area contributed by atoms with Crippen LogP contribution < -0.4 is 5.73 Å². The van der Waals surface area contributed by atoms with Gasteiger partial charge in [-0.1, -0.05) is 11.3 Å². The summed E-state index contributed by atoms with van der Waals surface area (Å²) in [6.45, 7) is 0. The van der Waals surface area contributed by atoms with Crippen LogP contribution in [-0.2, 0) is 25.3 Å². The zero-order valence-corrected chi connectivity index (χ0v) is 19.3. The minimum absolute atomic E-state index is 0.196. The standard InChI is InChI=1S/C22H21N7OS2/c1-28-11-25-20-17(28)8-12(10-24-20)15-9-14(16-6-7-26-29(16)2)18-19(23)22(31-21(18)27-15)32(30)13-4-3-5-13/h6-11,13H,3-5,23H2,1-2H3. The summed E-state index contributed by atoms with van der Waals surface area (Å²) in [7, 11) is 3.85. The van der Waals surface area contributed by atoms with Crippen molar-refractivity contribution in [3.63, 3.8) is 0 Å². The Bertz CT molecular complexity index is 1480. The highest BCUT2D eigenvalue weighted by Gasteiger charge is 2.35.